The van der Waals surface area contributed by atoms with Gasteiger partial charge in [-0.1, -0.05) is 6.92 Å². The lowest BCUT2D eigenvalue weighted by molar-refractivity contribution is 0.100. The number of primary amides is 1. The van der Waals surface area contributed by atoms with E-state index in [-0.39, 0.29) is 0 Å². The van der Waals surface area contributed by atoms with Gasteiger partial charge in [-0.05, 0) is 30.4 Å². The van der Waals surface area contributed by atoms with Crippen molar-refractivity contribution in [3.8, 4) is 0 Å². The summed E-state index contributed by atoms with van der Waals surface area (Å²) in [5.74, 6) is 0.263. The second-order valence-electron chi connectivity index (χ2n) is 4.91. The minimum Gasteiger partial charge on any atom is -0.365 e. The Bertz CT molecular complexity index is 412. The fourth-order valence-corrected chi connectivity index (χ4v) is 1.91. The van der Waals surface area contributed by atoms with Crippen LogP contribution in [0.5, 0.6) is 0 Å². The van der Waals surface area contributed by atoms with Crippen molar-refractivity contribution in [3.05, 3.63) is 23.9 Å². The molecule has 0 bridgehead atoms. The molecule has 86 valence electrons. The van der Waals surface area contributed by atoms with Gasteiger partial charge >= 0.3 is 0 Å². The van der Waals surface area contributed by atoms with Crippen LogP contribution in [0.25, 0.3) is 0 Å². The largest absolute Gasteiger partial charge is 0.365 e. The molecule has 2 N–H and O–H groups in total. The predicted molar refractivity (Wildman–Crippen MR) is 63.4 cm³/mol. The van der Waals surface area contributed by atoms with Gasteiger partial charge in [-0.15, -0.1) is 0 Å². The second kappa shape index (κ2) is 3.77. The van der Waals surface area contributed by atoms with Crippen LogP contribution in [-0.4, -0.2) is 24.5 Å². The van der Waals surface area contributed by atoms with E-state index in [4.69, 9.17) is 5.73 Å². The molecule has 4 heteroatoms. The molecule has 0 spiro atoms. The number of nitrogens with zero attached hydrogens (tertiary/aromatic N) is 2. The Morgan fingerprint density at radius 2 is 2.31 bits per heavy atom. The molecule has 2 rings (SSSR count). The van der Waals surface area contributed by atoms with Gasteiger partial charge in [-0.3, -0.25) is 4.79 Å². The first-order valence-corrected chi connectivity index (χ1v) is 5.48. The standard InChI is InChI=1S/C12H17N3O/c1-12(5-6-12)8-15(2)11-9(10(13)16)4-3-7-14-11/h3-4,7H,5-6,8H2,1-2H3,(H2,13,16). The Balaban J connectivity index is 2.21. The highest BCUT2D eigenvalue weighted by Gasteiger charge is 2.38. The number of carbonyl (C=O) groups is 1. The third-order valence-electron chi connectivity index (χ3n) is 3.14. The van der Waals surface area contributed by atoms with E-state index in [0.717, 1.165) is 6.54 Å². The van der Waals surface area contributed by atoms with Crippen LogP contribution in [-0.2, 0) is 0 Å². The first-order chi connectivity index (χ1) is 7.52. The number of pyridine rings is 1. The van der Waals surface area contributed by atoms with Gasteiger partial charge in [0.15, 0.2) is 0 Å². The highest BCUT2D eigenvalue weighted by atomic mass is 16.1. The van der Waals surface area contributed by atoms with E-state index in [2.05, 4.69) is 11.9 Å². The molecule has 1 heterocycles. The normalized spacial score (nSPS) is 16.9. The molecule has 1 saturated carbocycles. The van der Waals surface area contributed by atoms with Gasteiger partial charge in [0.1, 0.15) is 5.82 Å². The topological polar surface area (TPSA) is 59.2 Å². The summed E-state index contributed by atoms with van der Waals surface area (Å²) in [5.41, 5.74) is 6.21. The number of aromatic nitrogens is 1. The maximum atomic E-state index is 11.3. The Hall–Kier alpha value is -1.58. The molecule has 1 fully saturated rings. The molecule has 1 aromatic rings. The third kappa shape index (κ3) is 2.15. The molecule has 0 aliphatic heterocycles. The number of amides is 1. The van der Waals surface area contributed by atoms with Gasteiger partial charge in [0.05, 0.1) is 5.56 Å². The minimum atomic E-state index is -0.420. The Morgan fingerprint density at radius 3 is 2.88 bits per heavy atom. The van der Waals surface area contributed by atoms with Crippen molar-refractivity contribution in [2.45, 2.75) is 19.8 Å². The van der Waals surface area contributed by atoms with Crippen molar-refractivity contribution in [3.63, 3.8) is 0 Å². The van der Waals surface area contributed by atoms with Crippen LogP contribution in [0.2, 0.25) is 0 Å². The van der Waals surface area contributed by atoms with E-state index in [1.54, 1.807) is 18.3 Å². The van der Waals surface area contributed by atoms with Crippen LogP contribution in [0.4, 0.5) is 5.82 Å². The van der Waals surface area contributed by atoms with Crippen molar-refractivity contribution >= 4 is 11.7 Å². The molecule has 0 saturated heterocycles. The number of rotatable bonds is 4. The van der Waals surface area contributed by atoms with Gasteiger partial charge in [-0.25, -0.2) is 4.98 Å². The summed E-state index contributed by atoms with van der Waals surface area (Å²) in [6.45, 7) is 3.17. The van der Waals surface area contributed by atoms with E-state index in [1.165, 1.54) is 12.8 Å². The van der Waals surface area contributed by atoms with Gasteiger partial charge in [-0.2, -0.15) is 0 Å². The fraction of sp³-hybridized carbons (Fsp3) is 0.500. The van der Waals surface area contributed by atoms with Crippen LogP contribution >= 0.6 is 0 Å². The summed E-state index contributed by atoms with van der Waals surface area (Å²) >= 11 is 0. The second-order valence-corrected chi connectivity index (χ2v) is 4.91. The molecule has 1 amide bonds. The van der Waals surface area contributed by atoms with E-state index >= 15 is 0 Å². The lowest BCUT2D eigenvalue weighted by Crippen LogP contribution is -2.28. The molecule has 4 nitrogen and oxygen atoms in total. The van der Waals surface area contributed by atoms with E-state index in [0.29, 0.717) is 16.8 Å². The Kier molecular flexibility index (Phi) is 2.58. The van der Waals surface area contributed by atoms with Crippen molar-refractivity contribution in [1.82, 2.24) is 4.98 Å². The molecular weight excluding hydrogens is 202 g/mol. The molecule has 16 heavy (non-hydrogen) atoms. The van der Waals surface area contributed by atoms with Crippen LogP contribution in [0.15, 0.2) is 18.3 Å². The molecule has 1 aromatic heterocycles. The highest BCUT2D eigenvalue weighted by molar-refractivity contribution is 5.97. The SMILES string of the molecule is CN(CC1(C)CC1)c1ncccc1C(N)=O. The predicted octanol–water partition coefficient (Wildman–Crippen LogP) is 1.42. The van der Waals surface area contributed by atoms with E-state index in [9.17, 15) is 4.79 Å². The zero-order valence-corrected chi connectivity index (χ0v) is 9.73. The van der Waals surface area contributed by atoms with Gasteiger partial charge in [0, 0.05) is 19.8 Å². The number of nitrogens with two attached hydrogens (primary N) is 1. The van der Waals surface area contributed by atoms with Crippen LogP contribution in [0, 0.1) is 5.41 Å². The van der Waals surface area contributed by atoms with E-state index in [1.807, 2.05) is 11.9 Å². The number of hydrogen-bond acceptors (Lipinski definition) is 3. The Morgan fingerprint density at radius 1 is 1.62 bits per heavy atom. The monoisotopic (exact) mass is 219 g/mol. The smallest absolute Gasteiger partial charge is 0.252 e. The lowest BCUT2D eigenvalue weighted by Gasteiger charge is -2.23. The summed E-state index contributed by atoms with van der Waals surface area (Å²) in [5, 5.41) is 0. The molecular formula is C12H17N3O. The van der Waals surface area contributed by atoms with E-state index < -0.39 is 5.91 Å². The minimum absolute atomic E-state index is 0.390. The average Bonchev–Trinajstić information content (AvgIpc) is 2.96. The zero-order valence-electron chi connectivity index (χ0n) is 9.73. The maximum Gasteiger partial charge on any atom is 0.252 e. The molecule has 0 aromatic carbocycles. The summed E-state index contributed by atoms with van der Waals surface area (Å²) < 4.78 is 0. The van der Waals surface area contributed by atoms with Gasteiger partial charge < -0.3 is 10.6 Å². The van der Waals surface area contributed by atoms with Gasteiger partial charge in [0.2, 0.25) is 0 Å². The Labute approximate surface area is 95.5 Å². The average molecular weight is 219 g/mol. The third-order valence-corrected chi connectivity index (χ3v) is 3.14. The van der Waals surface area contributed by atoms with Crippen molar-refractivity contribution < 1.29 is 4.79 Å². The van der Waals surface area contributed by atoms with Crippen LogP contribution in [0.3, 0.4) is 0 Å². The number of hydrogen-bond donors (Lipinski definition) is 1. The quantitative estimate of drug-likeness (QED) is 0.833. The highest BCUT2D eigenvalue weighted by Crippen LogP contribution is 2.45. The van der Waals surface area contributed by atoms with Crippen LogP contribution < -0.4 is 10.6 Å². The fourth-order valence-electron chi connectivity index (χ4n) is 1.91. The summed E-state index contributed by atoms with van der Waals surface area (Å²) in [4.78, 5) is 17.5. The molecule has 1 aliphatic rings. The molecule has 1 aliphatic carbocycles. The first-order valence-electron chi connectivity index (χ1n) is 5.48. The summed E-state index contributed by atoms with van der Waals surface area (Å²) in [6.07, 6.45) is 4.18. The maximum absolute atomic E-state index is 11.3. The molecule has 0 atom stereocenters. The number of anilines is 1. The van der Waals surface area contributed by atoms with Gasteiger partial charge in [0.25, 0.3) is 5.91 Å². The molecule has 0 radical (unpaired) electrons. The zero-order chi connectivity index (χ0) is 11.8. The summed E-state index contributed by atoms with van der Waals surface area (Å²) in [7, 11) is 1.96. The van der Waals surface area contributed by atoms with Crippen molar-refractivity contribution in [2.75, 3.05) is 18.5 Å². The van der Waals surface area contributed by atoms with Crippen molar-refractivity contribution in [1.29, 1.82) is 0 Å². The molecule has 0 unspecified atom stereocenters. The lowest BCUT2D eigenvalue weighted by atomic mass is 10.1. The van der Waals surface area contributed by atoms with Crippen LogP contribution in [0.1, 0.15) is 30.1 Å². The van der Waals surface area contributed by atoms with Crippen molar-refractivity contribution in [2.24, 2.45) is 11.1 Å². The first kappa shape index (κ1) is 10.9. The summed E-state index contributed by atoms with van der Waals surface area (Å²) in [6, 6.07) is 3.45. The number of carbonyl (C=O) groups excluding carboxylic acids is 1.